The molecule has 1 aromatic carbocycles. The van der Waals surface area contributed by atoms with Crippen LogP contribution in [0.5, 0.6) is 5.75 Å². The molecule has 0 bridgehead atoms. The van der Waals surface area contributed by atoms with Crippen molar-refractivity contribution in [2.45, 2.75) is 26.4 Å². The van der Waals surface area contributed by atoms with E-state index in [0.717, 1.165) is 17.9 Å². The number of carbonyl (C=O) groups excluding carboxylic acids is 1. The van der Waals surface area contributed by atoms with E-state index in [-0.39, 0.29) is 18.5 Å². The number of benzene rings is 1. The number of anilines is 1. The zero-order valence-electron chi connectivity index (χ0n) is 17.6. The SMILES string of the molecule is COc1cc(N2CCN(C(=O)Cn3nc(-c4ccco4)c(Cl)c3C)C(C)C2)ccc1Cl. The highest BCUT2D eigenvalue weighted by Gasteiger charge is 2.29. The smallest absolute Gasteiger partial charge is 0.244 e. The van der Waals surface area contributed by atoms with Crippen LogP contribution in [-0.4, -0.2) is 53.4 Å². The Bertz CT molecular complexity index is 1080. The van der Waals surface area contributed by atoms with Crippen LogP contribution in [0.15, 0.2) is 41.0 Å². The van der Waals surface area contributed by atoms with Crippen LogP contribution in [0.2, 0.25) is 10.0 Å². The summed E-state index contributed by atoms with van der Waals surface area (Å²) in [6.45, 7) is 6.08. The fourth-order valence-corrected chi connectivity index (χ4v) is 4.30. The number of hydrogen-bond acceptors (Lipinski definition) is 5. The number of furan rings is 1. The standard InChI is InChI=1S/C22H24Cl2N4O3/c1-14-12-26(16-6-7-17(23)19(11-16)30-3)8-9-27(14)20(29)13-28-15(2)21(24)22(25-28)18-5-4-10-31-18/h4-7,10-11,14H,8-9,12-13H2,1-3H3. The highest BCUT2D eigenvalue weighted by Crippen LogP contribution is 2.31. The maximum Gasteiger partial charge on any atom is 0.244 e. The van der Waals surface area contributed by atoms with E-state index in [1.807, 2.05) is 30.0 Å². The third-order valence-electron chi connectivity index (χ3n) is 5.62. The Labute approximate surface area is 191 Å². The summed E-state index contributed by atoms with van der Waals surface area (Å²) in [4.78, 5) is 17.2. The second-order valence-corrected chi connectivity index (χ2v) is 8.37. The first-order chi connectivity index (χ1) is 14.9. The summed E-state index contributed by atoms with van der Waals surface area (Å²) in [6.07, 6.45) is 1.57. The average molecular weight is 463 g/mol. The summed E-state index contributed by atoms with van der Waals surface area (Å²) in [7, 11) is 1.60. The van der Waals surface area contributed by atoms with Crippen molar-refractivity contribution in [3.63, 3.8) is 0 Å². The molecule has 2 aromatic heterocycles. The van der Waals surface area contributed by atoms with Gasteiger partial charge in [-0.1, -0.05) is 23.2 Å². The first-order valence-electron chi connectivity index (χ1n) is 10.0. The minimum atomic E-state index is 0.00842. The Morgan fingerprint density at radius 2 is 2.10 bits per heavy atom. The van der Waals surface area contributed by atoms with Crippen LogP contribution in [-0.2, 0) is 11.3 Å². The molecule has 1 amide bonds. The predicted molar refractivity (Wildman–Crippen MR) is 121 cm³/mol. The fraction of sp³-hybridized carbons (Fsp3) is 0.364. The lowest BCUT2D eigenvalue weighted by Gasteiger charge is -2.41. The van der Waals surface area contributed by atoms with E-state index in [4.69, 9.17) is 32.4 Å². The maximum atomic E-state index is 13.1. The molecule has 9 heteroatoms. The van der Waals surface area contributed by atoms with Crippen molar-refractivity contribution < 1.29 is 13.9 Å². The Balaban J connectivity index is 1.45. The van der Waals surface area contributed by atoms with Gasteiger partial charge in [-0.3, -0.25) is 9.48 Å². The van der Waals surface area contributed by atoms with Crippen molar-refractivity contribution in [1.29, 1.82) is 0 Å². The average Bonchev–Trinajstić information content (AvgIpc) is 3.38. The lowest BCUT2D eigenvalue weighted by Crippen LogP contribution is -2.54. The van der Waals surface area contributed by atoms with Gasteiger partial charge in [0.2, 0.25) is 5.91 Å². The van der Waals surface area contributed by atoms with Gasteiger partial charge in [-0.25, -0.2) is 0 Å². The Morgan fingerprint density at radius 3 is 2.77 bits per heavy atom. The second kappa shape index (κ2) is 8.85. The molecule has 0 aliphatic carbocycles. The van der Waals surface area contributed by atoms with Crippen LogP contribution in [0.4, 0.5) is 5.69 Å². The molecule has 1 aliphatic rings. The second-order valence-electron chi connectivity index (χ2n) is 7.58. The summed E-state index contributed by atoms with van der Waals surface area (Å²) < 4.78 is 12.4. The minimum Gasteiger partial charge on any atom is -0.495 e. The number of nitrogens with zero attached hydrogens (tertiary/aromatic N) is 4. The van der Waals surface area contributed by atoms with Gasteiger partial charge in [-0.05, 0) is 38.1 Å². The normalized spacial score (nSPS) is 16.6. The van der Waals surface area contributed by atoms with Crippen LogP contribution in [0.3, 0.4) is 0 Å². The van der Waals surface area contributed by atoms with Crippen molar-refractivity contribution in [2.75, 3.05) is 31.6 Å². The van der Waals surface area contributed by atoms with Crippen molar-refractivity contribution >= 4 is 34.8 Å². The molecule has 31 heavy (non-hydrogen) atoms. The zero-order chi connectivity index (χ0) is 22.1. The van der Waals surface area contributed by atoms with E-state index in [9.17, 15) is 4.79 Å². The number of piperazine rings is 1. The van der Waals surface area contributed by atoms with Gasteiger partial charge >= 0.3 is 0 Å². The van der Waals surface area contributed by atoms with E-state index >= 15 is 0 Å². The number of carbonyl (C=O) groups is 1. The number of rotatable bonds is 5. The van der Waals surface area contributed by atoms with E-state index in [1.54, 1.807) is 30.2 Å². The Kier molecular flexibility index (Phi) is 6.16. The molecule has 4 rings (SSSR count). The van der Waals surface area contributed by atoms with Gasteiger partial charge in [0.25, 0.3) is 0 Å². The van der Waals surface area contributed by atoms with E-state index in [0.29, 0.717) is 40.3 Å². The molecule has 0 spiro atoms. The molecule has 7 nitrogen and oxygen atoms in total. The molecule has 1 saturated heterocycles. The molecule has 1 atom stereocenters. The summed E-state index contributed by atoms with van der Waals surface area (Å²) in [5, 5.41) is 5.58. The van der Waals surface area contributed by atoms with Crippen LogP contribution >= 0.6 is 23.2 Å². The van der Waals surface area contributed by atoms with Gasteiger partial charge in [0.1, 0.15) is 18.0 Å². The first kappa shape index (κ1) is 21.6. The fourth-order valence-electron chi connectivity index (χ4n) is 3.88. The molecule has 1 aliphatic heterocycles. The quantitative estimate of drug-likeness (QED) is 0.558. The predicted octanol–water partition coefficient (Wildman–Crippen LogP) is 4.50. The molecule has 3 aromatic rings. The van der Waals surface area contributed by atoms with Gasteiger partial charge in [0.15, 0.2) is 5.76 Å². The molecule has 1 fully saturated rings. The van der Waals surface area contributed by atoms with Crippen LogP contribution in [0, 0.1) is 6.92 Å². The molecular weight excluding hydrogens is 439 g/mol. The van der Waals surface area contributed by atoms with Crippen LogP contribution < -0.4 is 9.64 Å². The Morgan fingerprint density at radius 1 is 1.29 bits per heavy atom. The van der Waals surface area contributed by atoms with Crippen molar-refractivity contribution in [2.24, 2.45) is 0 Å². The summed E-state index contributed by atoms with van der Waals surface area (Å²) in [5.41, 5.74) is 2.31. The van der Waals surface area contributed by atoms with E-state index in [1.165, 1.54) is 0 Å². The van der Waals surface area contributed by atoms with Gasteiger partial charge in [-0.15, -0.1) is 0 Å². The number of amides is 1. The number of aromatic nitrogens is 2. The first-order valence-corrected chi connectivity index (χ1v) is 10.8. The molecule has 164 valence electrons. The molecule has 0 N–H and O–H groups in total. The number of ether oxygens (including phenoxy) is 1. The molecular formula is C22H24Cl2N4O3. The van der Waals surface area contributed by atoms with Crippen LogP contribution in [0.1, 0.15) is 12.6 Å². The van der Waals surface area contributed by atoms with E-state index < -0.39 is 0 Å². The number of methoxy groups -OCH3 is 1. The van der Waals surface area contributed by atoms with Gasteiger partial charge in [0, 0.05) is 37.4 Å². The van der Waals surface area contributed by atoms with Gasteiger partial charge in [-0.2, -0.15) is 5.10 Å². The molecule has 3 heterocycles. The number of hydrogen-bond donors (Lipinski definition) is 0. The molecule has 1 unspecified atom stereocenters. The molecule has 0 saturated carbocycles. The van der Waals surface area contributed by atoms with Crippen molar-refractivity contribution in [3.05, 3.63) is 52.3 Å². The largest absolute Gasteiger partial charge is 0.495 e. The van der Waals surface area contributed by atoms with Crippen molar-refractivity contribution in [1.82, 2.24) is 14.7 Å². The third kappa shape index (κ3) is 4.25. The van der Waals surface area contributed by atoms with Gasteiger partial charge in [0.05, 0.1) is 29.1 Å². The lowest BCUT2D eigenvalue weighted by molar-refractivity contribution is -0.134. The Hall–Kier alpha value is -2.64. The summed E-state index contributed by atoms with van der Waals surface area (Å²) in [6, 6.07) is 9.35. The topological polar surface area (TPSA) is 63.7 Å². The highest BCUT2D eigenvalue weighted by molar-refractivity contribution is 6.33. The summed E-state index contributed by atoms with van der Waals surface area (Å²) in [5.74, 6) is 1.23. The van der Waals surface area contributed by atoms with Gasteiger partial charge < -0.3 is 19.0 Å². The zero-order valence-corrected chi connectivity index (χ0v) is 19.2. The van der Waals surface area contributed by atoms with Crippen molar-refractivity contribution in [3.8, 4) is 17.2 Å². The number of halogens is 2. The third-order valence-corrected chi connectivity index (χ3v) is 6.39. The maximum absolute atomic E-state index is 13.1. The molecule has 0 radical (unpaired) electrons. The van der Waals surface area contributed by atoms with Crippen LogP contribution in [0.25, 0.3) is 11.5 Å². The minimum absolute atomic E-state index is 0.00842. The summed E-state index contributed by atoms with van der Waals surface area (Å²) >= 11 is 12.6. The van der Waals surface area contributed by atoms with E-state index in [2.05, 4.69) is 16.9 Å². The monoisotopic (exact) mass is 462 g/mol. The highest BCUT2D eigenvalue weighted by atomic mass is 35.5. The lowest BCUT2D eigenvalue weighted by atomic mass is 10.1.